The number of oxazole rings is 1. The number of anilines is 1. The summed E-state index contributed by atoms with van der Waals surface area (Å²) in [4.78, 5) is 17.7. The molecule has 0 spiro atoms. The van der Waals surface area contributed by atoms with Gasteiger partial charge in [0.05, 0.1) is 0 Å². The Labute approximate surface area is 189 Å². The van der Waals surface area contributed by atoms with E-state index in [1.807, 2.05) is 18.2 Å². The first-order valence-corrected chi connectivity index (χ1v) is 12.3. The van der Waals surface area contributed by atoms with Crippen LogP contribution in [0.25, 0.3) is 22.6 Å². The lowest BCUT2D eigenvalue weighted by Crippen LogP contribution is -2.47. The summed E-state index contributed by atoms with van der Waals surface area (Å²) in [7, 11) is 0. The minimum atomic E-state index is 0.152. The van der Waals surface area contributed by atoms with E-state index in [4.69, 9.17) is 4.42 Å². The summed E-state index contributed by atoms with van der Waals surface area (Å²) in [6.07, 6.45) is 8.67. The summed E-state index contributed by atoms with van der Waals surface area (Å²) in [5, 5.41) is 3.16. The van der Waals surface area contributed by atoms with Crippen molar-refractivity contribution in [2.24, 2.45) is 23.2 Å². The number of amides is 1. The molecule has 0 aliphatic heterocycles. The largest absolute Gasteiger partial charge is 0.436 e. The quantitative estimate of drug-likeness (QED) is 0.469. The Bertz CT molecular complexity index is 1120. The molecule has 4 aliphatic rings. The van der Waals surface area contributed by atoms with E-state index >= 15 is 0 Å². The molecular weight excluding hydrogens is 396 g/mol. The Morgan fingerprint density at radius 1 is 1.03 bits per heavy atom. The van der Waals surface area contributed by atoms with Gasteiger partial charge in [0.1, 0.15) is 5.52 Å². The average Bonchev–Trinajstić information content (AvgIpc) is 3.15. The minimum absolute atomic E-state index is 0.152. The minimum Gasteiger partial charge on any atom is -0.436 e. The predicted octanol–water partition coefficient (Wildman–Crippen LogP) is 7.16. The molecule has 1 heterocycles. The van der Waals surface area contributed by atoms with Crippen LogP contribution in [0.2, 0.25) is 0 Å². The second-order valence-corrected chi connectivity index (χ2v) is 11.1. The van der Waals surface area contributed by atoms with Gasteiger partial charge in [0, 0.05) is 17.7 Å². The van der Waals surface area contributed by atoms with E-state index in [0.717, 1.165) is 40.1 Å². The third-order valence-corrected chi connectivity index (χ3v) is 8.20. The van der Waals surface area contributed by atoms with Gasteiger partial charge in [-0.25, -0.2) is 4.98 Å². The fraction of sp³-hybridized carbons (Fsp3) is 0.500. The van der Waals surface area contributed by atoms with Gasteiger partial charge in [0.15, 0.2) is 5.58 Å². The van der Waals surface area contributed by atoms with Crippen molar-refractivity contribution < 1.29 is 9.21 Å². The van der Waals surface area contributed by atoms with Gasteiger partial charge >= 0.3 is 0 Å². The molecule has 1 amide bonds. The Morgan fingerprint density at radius 3 is 2.31 bits per heavy atom. The molecular formula is C28H32N2O2. The van der Waals surface area contributed by atoms with Crippen LogP contribution in [0, 0.1) is 23.2 Å². The number of hydrogen-bond donors (Lipinski definition) is 1. The number of hydrogen-bond acceptors (Lipinski definition) is 3. The second kappa shape index (κ2) is 7.47. The average molecular weight is 429 g/mol. The molecule has 32 heavy (non-hydrogen) atoms. The van der Waals surface area contributed by atoms with Crippen molar-refractivity contribution in [3.05, 3.63) is 48.0 Å². The van der Waals surface area contributed by atoms with Gasteiger partial charge in [0.25, 0.3) is 0 Å². The molecule has 1 aromatic heterocycles. The molecule has 166 valence electrons. The third kappa shape index (κ3) is 3.64. The summed E-state index contributed by atoms with van der Waals surface area (Å²) in [5.41, 5.74) is 4.85. The molecule has 4 heteroatoms. The number of carbonyl (C=O) groups is 1. The SMILES string of the molecule is CC(C)c1ccc(-c2nc3cc(NC(=O)CC45CC6CC(CC(C6)C4)C5)ccc3o2)cc1. The maximum Gasteiger partial charge on any atom is 0.227 e. The Hall–Kier alpha value is -2.62. The first-order chi connectivity index (χ1) is 15.4. The van der Waals surface area contributed by atoms with Gasteiger partial charge in [-0.15, -0.1) is 0 Å². The number of benzene rings is 2. The summed E-state index contributed by atoms with van der Waals surface area (Å²) >= 11 is 0. The maximum atomic E-state index is 13.0. The van der Waals surface area contributed by atoms with Crippen LogP contribution >= 0.6 is 0 Å². The summed E-state index contributed by atoms with van der Waals surface area (Å²) < 4.78 is 5.98. The van der Waals surface area contributed by atoms with E-state index in [0.29, 0.717) is 18.2 Å². The second-order valence-electron chi connectivity index (χ2n) is 11.1. The van der Waals surface area contributed by atoms with Gasteiger partial charge in [0.2, 0.25) is 11.8 Å². The van der Waals surface area contributed by atoms with E-state index in [1.54, 1.807) is 0 Å². The summed E-state index contributed by atoms with van der Waals surface area (Å²) in [5.74, 6) is 3.87. The number of aromatic nitrogens is 1. The van der Waals surface area contributed by atoms with E-state index in [-0.39, 0.29) is 11.3 Å². The molecule has 4 saturated carbocycles. The van der Waals surface area contributed by atoms with Gasteiger partial charge in [-0.3, -0.25) is 4.79 Å². The molecule has 2 aromatic carbocycles. The van der Waals surface area contributed by atoms with Gasteiger partial charge < -0.3 is 9.73 Å². The maximum absolute atomic E-state index is 13.0. The number of nitrogens with zero attached hydrogens (tertiary/aromatic N) is 1. The first-order valence-electron chi connectivity index (χ1n) is 12.3. The zero-order valence-electron chi connectivity index (χ0n) is 19.1. The predicted molar refractivity (Wildman–Crippen MR) is 127 cm³/mol. The standard InChI is InChI=1S/C28H32N2O2/c1-17(2)21-3-5-22(6-4-21)27-30-24-12-23(7-8-25(24)32-27)29-26(31)16-28-13-18-9-19(14-28)11-20(10-18)15-28/h3-8,12,17-20H,9-11,13-16H2,1-2H3,(H,29,31). The first kappa shape index (κ1) is 20.0. The zero-order valence-corrected chi connectivity index (χ0v) is 19.1. The molecule has 4 aliphatic carbocycles. The molecule has 3 aromatic rings. The molecule has 0 radical (unpaired) electrons. The molecule has 7 rings (SSSR count). The molecule has 0 saturated heterocycles. The Kier molecular flexibility index (Phi) is 4.67. The lowest BCUT2D eigenvalue weighted by Gasteiger charge is -2.56. The van der Waals surface area contributed by atoms with E-state index in [2.05, 4.69) is 48.4 Å². The lowest BCUT2D eigenvalue weighted by atomic mass is 9.49. The van der Waals surface area contributed by atoms with Crippen LogP contribution in [0.3, 0.4) is 0 Å². The van der Waals surface area contributed by atoms with Gasteiger partial charge in [-0.05, 0) is 104 Å². The highest BCUT2D eigenvalue weighted by Gasteiger charge is 2.51. The van der Waals surface area contributed by atoms with Crippen LogP contribution in [-0.4, -0.2) is 10.9 Å². The highest BCUT2D eigenvalue weighted by Crippen LogP contribution is 2.61. The van der Waals surface area contributed by atoms with Gasteiger partial charge in [-0.1, -0.05) is 26.0 Å². The van der Waals surface area contributed by atoms with Crippen molar-refractivity contribution in [2.45, 2.75) is 64.7 Å². The normalized spacial score (nSPS) is 28.5. The molecule has 4 nitrogen and oxygen atoms in total. The van der Waals surface area contributed by atoms with Crippen LogP contribution in [-0.2, 0) is 4.79 Å². The molecule has 4 fully saturated rings. The van der Waals surface area contributed by atoms with Crippen molar-refractivity contribution in [2.75, 3.05) is 5.32 Å². The smallest absolute Gasteiger partial charge is 0.227 e. The van der Waals surface area contributed by atoms with Gasteiger partial charge in [-0.2, -0.15) is 0 Å². The van der Waals surface area contributed by atoms with E-state index in [9.17, 15) is 4.79 Å². The van der Waals surface area contributed by atoms with Crippen molar-refractivity contribution in [3.8, 4) is 11.5 Å². The number of carbonyl (C=O) groups excluding carboxylic acids is 1. The number of rotatable bonds is 5. The molecule has 4 bridgehead atoms. The van der Waals surface area contributed by atoms with Crippen LogP contribution in [0.1, 0.15) is 70.3 Å². The zero-order chi connectivity index (χ0) is 21.9. The van der Waals surface area contributed by atoms with E-state index in [1.165, 1.54) is 44.1 Å². The monoisotopic (exact) mass is 428 g/mol. The highest BCUT2D eigenvalue weighted by atomic mass is 16.3. The van der Waals surface area contributed by atoms with Crippen LogP contribution in [0.15, 0.2) is 46.9 Å². The van der Waals surface area contributed by atoms with Crippen molar-refractivity contribution in [1.82, 2.24) is 4.98 Å². The lowest BCUT2D eigenvalue weighted by molar-refractivity contribution is -0.124. The fourth-order valence-electron chi connectivity index (χ4n) is 7.19. The Balaban J connectivity index is 1.17. The van der Waals surface area contributed by atoms with Crippen molar-refractivity contribution in [1.29, 1.82) is 0 Å². The number of fused-ring (bicyclic) bond motifs is 1. The molecule has 0 unspecified atom stereocenters. The van der Waals surface area contributed by atoms with E-state index < -0.39 is 0 Å². The van der Waals surface area contributed by atoms with Crippen LogP contribution in [0.4, 0.5) is 5.69 Å². The van der Waals surface area contributed by atoms with Crippen molar-refractivity contribution >= 4 is 22.7 Å². The topological polar surface area (TPSA) is 55.1 Å². The van der Waals surface area contributed by atoms with Crippen LogP contribution < -0.4 is 5.32 Å². The summed E-state index contributed by atoms with van der Waals surface area (Å²) in [6, 6.07) is 14.2. The third-order valence-electron chi connectivity index (χ3n) is 8.20. The Morgan fingerprint density at radius 2 is 1.69 bits per heavy atom. The molecule has 0 atom stereocenters. The highest BCUT2D eigenvalue weighted by molar-refractivity contribution is 5.93. The fourth-order valence-corrected chi connectivity index (χ4v) is 7.19. The molecule has 1 N–H and O–H groups in total. The summed E-state index contributed by atoms with van der Waals surface area (Å²) in [6.45, 7) is 4.38. The van der Waals surface area contributed by atoms with Crippen molar-refractivity contribution in [3.63, 3.8) is 0 Å². The number of nitrogens with one attached hydrogen (secondary N) is 1. The van der Waals surface area contributed by atoms with Crippen LogP contribution in [0.5, 0.6) is 0 Å².